The number of ether oxygens (including phenoxy) is 1. The molecule has 0 aliphatic carbocycles. The summed E-state index contributed by atoms with van der Waals surface area (Å²) in [5.41, 5.74) is 1.07. The van der Waals surface area contributed by atoms with Crippen LogP contribution in [0, 0.1) is 6.92 Å². The van der Waals surface area contributed by atoms with E-state index in [9.17, 15) is 4.79 Å². The molecule has 0 N–H and O–H groups in total. The summed E-state index contributed by atoms with van der Waals surface area (Å²) in [6.07, 6.45) is 1.67. The molecule has 0 aromatic carbocycles. The van der Waals surface area contributed by atoms with Crippen LogP contribution in [0.2, 0.25) is 0 Å². The number of amides is 1. The van der Waals surface area contributed by atoms with E-state index < -0.39 is 0 Å². The van der Waals surface area contributed by atoms with E-state index in [1.807, 2.05) is 11.8 Å². The molecular weight excluding hydrogens is 324 g/mol. The standard InChI is InChI=1S/C17H28N4O2S/c1-13(2)19-8-10-21(11-9-19)17(22)23-15-4-6-20(7-5-15)16-18-14(3)12-24-16/h12-13,15H,4-11H2,1-3H3. The van der Waals surface area contributed by atoms with E-state index in [0.29, 0.717) is 6.04 Å². The van der Waals surface area contributed by atoms with Crippen LogP contribution in [0.1, 0.15) is 32.4 Å². The summed E-state index contributed by atoms with van der Waals surface area (Å²) in [5.74, 6) is 0. The maximum atomic E-state index is 12.4. The number of aryl methyl sites for hydroxylation is 1. The number of aromatic nitrogens is 1. The van der Waals surface area contributed by atoms with Crippen LogP contribution in [-0.2, 0) is 4.74 Å². The second kappa shape index (κ2) is 7.70. The molecule has 0 radical (unpaired) electrons. The second-order valence-electron chi connectivity index (χ2n) is 6.96. The van der Waals surface area contributed by atoms with Crippen molar-refractivity contribution in [3.05, 3.63) is 11.1 Å². The van der Waals surface area contributed by atoms with Gasteiger partial charge in [0.1, 0.15) is 6.10 Å². The average molecular weight is 353 g/mol. The third kappa shape index (κ3) is 4.19. The lowest BCUT2D eigenvalue weighted by Gasteiger charge is -2.37. The smallest absolute Gasteiger partial charge is 0.410 e. The Balaban J connectivity index is 1.42. The van der Waals surface area contributed by atoms with Gasteiger partial charge in [0.25, 0.3) is 0 Å². The SMILES string of the molecule is Cc1csc(N2CCC(OC(=O)N3CCN(C(C)C)CC3)CC2)n1. The van der Waals surface area contributed by atoms with E-state index in [-0.39, 0.29) is 12.2 Å². The average Bonchev–Trinajstić information content (AvgIpc) is 3.02. The van der Waals surface area contributed by atoms with E-state index in [2.05, 4.69) is 34.0 Å². The highest BCUT2D eigenvalue weighted by Gasteiger charge is 2.28. The lowest BCUT2D eigenvalue weighted by atomic mass is 10.1. The molecule has 0 bridgehead atoms. The number of rotatable bonds is 3. The third-order valence-corrected chi connectivity index (χ3v) is 5.91. The van der Waals surface area contributed by atoms with Crippen molar-refractivity contribution in [2.45, 2.75) is 45.8 Å². The Labute approximate surface area is 148 Å². The van der Waals surface area contributed by atoms with E-state index in [0.717, 1.165) is 62.9 Å². The van der Waals surface area contributed by atoms with Crippen LogP contribution in [0.3, 0.4) is 0 Å². The molecule has 0 saturated carbocycles. The maximum absolute atomic E-state index is 12.4. The van der Waals surface area contributed by atoms with Gasteiger partial charge in [-0.05, 0) is 20.8 Å². The predicted molar refractivity (Wildman–Crippen MR) is 96.8 cm³/mol. The summed E-state index contributed by atoms with van der Waals surface area (Å²) in [6, 6.07) is 0.544. The molecular formula is C17H28N4O2S. The zero-order valence-electron chi connectivity index (χ0n) is 14.9. The Hall–Kier alpha value is -1.34. The number of hydrogen-bond donors (Lipinski definition) is 0. The Morgan fingerprint density at radius 3 is 2.42 bits per heavy atom. The zero-order chi connectivity index (χ0) is 17.1. The normalized spacial score (nSPS) is 20.7. The first-order valence-corrected chi connectivity index (χ1v) is 9.77. The molecule has 1 aromatic heterocycles. The van der Waals surface area contributed by atoms with Gasteiger partial charge in [-0.1, -0.05) is 0 Å². The van der Waals surface area contributed by atoms with Gasteiger partial charge in [-0.15, -0.1) is 11.3 Å². The van der Waals surface area contributed by atoms with E-state index in [4.69, 9.17) is 4.74 Å². The number of anilines is 1. The fraction of sp³-hybridized carbons (Fsp3) is 0.765. The highest BCUT2D eigenvalue weighted by atomic mass is 32.1. The van der Waals surface area contributed by atoms with Gasteiger partial charge in [0.2, 0.25) is 0 Å². The number of piperazine rings is 1. The van der Waals surface area contributed by atoms with Crippen LogP contribution < -0.4 is 4.90 Å². The van der Waals surface area contributed by atoms with Crippen LogP contribution in [-0.4, -0.2) is 72.3 Å². The molecule has 3 rings (SSSR count). The highest BCUT2D eigenvalue weighted by Crippen LogP contribution is 2.25. The van der Waals surface area contributed by atoms with Crippen LogP contribution in [0.15, 0.2) is 5.38 Å². The Morgan fingerprint density at radius 2 is 1.88 bits per heavy atom. The number of carbonyl (C=O) groups excluding carboxylic acids is 1. The third-order valence-electron chi connectivity index (χ3n) is 4.89. The topological polar surface area (TPSA) is 48.9 Å². The molecule has 2 fully saturated rings. The summed E-state index contributed by atoms with van der Waals surface area (Å²) in [4.78, 5) is 23.5. The molecule has 1 amide bonds. The van der Waals surface area contributed by atoms with Gasteiger partial charge in [-0.3, -0.25) is 4.90 Å². The van der Waals surface area contributed by atoms with Gasteiger partial charge < -0.3 is 14.5 Å². The largest absolute Gasteiger partial charge is 0.446 e. The van der Waals surface area contributed by atoms with Gasteiger partial charge in [0.15, 0.2) is 5.13 Å². The first kappa shape index (κ1) is 17.5. The van der Waals surface area contributed by atoms with Crippen LogP contribution >= 0.6 is 11.3 Å². The summed E-state index contributed by atoms with van der Waals surface area (Å²) >= 11 is 1.69. The summed E-state index contributed by atoms with van der Waals surface area (Å²) < 4.78 is 5.74. The van der Waals surface area contributed by atoms with Gasteiger partial charge in [0, 0.05) is 63.5 Å². The Morgan fingerprint density at radius 1 is 1.21 bits per heavy atom. The number of carbonyl (C=O) groups is 1. The predicted octanol–water partition coefficient (Wildman–Crippen LogP) is 2.58. The van der Waals surface area contributed by atoms with Crippen molar-refractivity contribution in [3.63, 3.8) is 0 Å². The fourth-order valence-corrected chi connectivity index (χ4v) is 4.15. The van der Waals surface area contributed by atoms with E-state index in [1.165, 1.54) is 0 Å². The first-order chi connectivity index (χ1) is 11.5. The minimum Gasteiger partial charge on any atom is -0.446 e. The van der Waals surface area contributed by atoms with Crippen LogP contribution in [0.25, 0.3) is 0 Å². The fourth-order valence-electron chi connectivity index (χ4n) is 3.29. The van der Waals surface area contributed by atoms with E-state index >= 15 is 0 Å². The molecule has 3 heterocycles. The number of piperidine rings is 1. The summed E-state index contributed by atoms with van der Waals surface area (Å²) in [5, 5.41) is 3.17. The maximum Gasteiger partial charge on any atom is 0.410 e. The van der Waals surface area contributed by atoms with Crippen molar-refractivity contribution in [1.29, 1.82) is 0 Å². The van der Waals surface area contributed by atoms with Gasteiger partial charge in [-0.25, -0.2) is 9.78 Å². The highest BCUT2D eigenvalue weighted by molar-refractivity contribution is 7.13. The summed E-state index contributed by atoms with van der Waals surface area (Å²) in [6.45, 7) is 11.7. The lowest BCUT2D eigenvalue weighted by Crippen LogP contribution is -2.51. The number of thiazole rings is 1. The molecule has 134 valence electrons. The molecule has 24 heavy (non-hydrogen) atoms. The van der Waals surface area contributed by atoms with Gasteiger partial charge in [-0.2, -0.15) is 0 Å². The van der Waals surface area contributed by atoms with Crippen LogP contribution in [0.4, 0.5) is 9.93 Å². The molecule has 6 nitrogen and oxygen atoms in total. The van der Waals surface area contributed by atoms with E-state index in [1.54, 1.807) is 11.3 Å². The first-order valence-electron chi connectivity index (χ1n) is 8.89. The van der Waals surface area contributed by atoms with Gasteiger partial charge >= 0.3 is 6.09 Å². The van der Waals surface area contributed by atoms with Crippen LogP contribution in [0.5, 0.6) is 0 Å². The molecule has 0 atom stereocenters. The molecule has 1 aromatic rings. The van der Waals surface area contributed by atoms with Crippen molar-refractivity contribution >= 4 is 22.6 Å². The van der Waals surface area contributed by atoms with Gasteiger partial charge in [0.05, 0.1) is 5.69 Å². The number of nitrogens with zero attached hydrogens (tertiary/aromatic N) is 4. The number of hydrogen-bond acceptors (Lipinski definition) is 6. The summed E-state index contributed by atoms with van der Waals surface area (Å²) in [7, 11) is 0. The quantitative estimate of drug-likeness (QED) is 0.837. The zero-order valence-corrected chi connectivity index (χ0v) is 15.7. The Kier molecular flexibility index (Phi) is 5.61. The molecule has 2 aliphatic heterocycles. The molecule has 7 heteroatoms. The molecule has 0 unspecified atom stereocenters. The molecule has 2 saturated heterocycles. The monoisotopic (exact) mass is 352 g/mol. The minimum absolute atomic E-state index is 0.0398. The van der Waals surface area contributed by atoms with Crippen molar-refractivity contribution < 1.29 is 9.53 Å². The Bertz CT molecular complexity index is 547. The minimum atomic E-state index is -0.137. The van der Waals surface area contributed by atoms with Crippen molar-refractivity contribution in [3.8, 4) is 0 Å². The molecule has 2 aliphatic rings. The van der Waals surface area contributed by atoms with Crippen molar-refractivity contribution in [2.75, 3.05) is 44.2 Å². The second-order valence-corrected chi connectivity index (χ2v) is 7.79. The lowest BCUT2D eigenvalue weighted by molar-refractivity contribution is 0.0338. The molecule has 0 spiro atoms. The van der Waals surface area contributed by atoms with Crippen molar-refractivity contribution in [1.82, 2.24) is 14.8 Å². The van der Waals surface area contributed by atoms with Crippen molar-refractivity contribution in [2.24, 2.45) is 0 Å².